The first-order valence-corrected chi connectivity index (χ1v) is 13.3. The van der Waals surface area contributed by atoms with Gasteiger partial charge in [-0.1, -0.05) is 86.1 Å². The SMILES string of the molecule is COC(=O)Oc1ccc(C(C)(C)c2ccc(C)cc2)cc1.COC(C)=O.Cc1cccc(OC(=O)c2ccccc2)c1. The van der Waals surface area contributed by atoms with Crippen LogP contribution in [-0.2, 0) is 19.7 Å². The third kappa shape index (κ3) is 10.9. The van der Waals surface area contributed by atoms with Gasteiger partial charge in [-0.3, -0.25) is 4.79 Å². The summed E-state index contributed by atoms with van der Waals surface area (Å²) in [5, 5.41) is 0. The van der Waals surface area contributed by atoms with Crippen LogP contribution in [0.15, 0.2) is 103 Å². The van der Waals surface area contributed by atoms with Crippen molar-refractivity contribution in [2.45, 2.75) is 40.0 Å². The van der Waals surface area contributed by atoms with Gasteiger partial charge in [0.1, 0.15) is 11.5 Å². The normalized spacial score (nSPS) is 10.1. The van der Waals surface area contributed by atoms with Gasteiger partial charge in [-0.05, 0) is 66.9 Å². The van der Waals surface area contributed by atoms with E-state index in [0.29, 0.717) is 17.1 Å². The minimum Gasteiger partial charge on any atom is -0.469 e. The van der Waals surface area contributed by atoms with Crippen LogP contribution in [0, 0.1) is 13.8 Å². The van der Waals surface area contributed by atoms with E-state index >= 15 is 0 Å². The zero-order chi connectivity index (χ0) is 31.1. The minimum atomic E-state index is -0.708. The van der Waals surface area contributed by atoms with E-state index in [0.717, 1.165) is 11.1 Å². The summed E-state index contributed by atoms with van der Waals surface area (Å²) in [6.07, 6.45) is -0.708. The lowest BCUT2D eigenvalue weighted by molar-refractivity contribution is -0.137. The largest absolute Gasteiger partial charge is 0.513 e. The second-order valence-electron chi connectivity index (χ2n) is 9.84. The van der Waals surface area contributed by atoms with Gasteiger partial charge in [0.15, 0.2) is 0 Å². The molecule has 0 heterocycles. The van der Waals surface area contributed by atoms with E-state index in [1.165, 1.54) is 32.3 Å². The first-order valence-electron chi connectivity index (χ1n) is 13.3. The molecule has 4 aromatic carbocycles. The Morgan fingerprint density at radius 2 is 1.14 bits per heavy atom. The molecule has 0 amide bonds. The molecule has 0 saturated heterocycles. The van der Waals surface area contributed by atoms with Crippen LogP contribution in [0.5, 0.6) is 11.5 Å². The highest BCUT2D eigenvalue weighted by atomic mass is 16.7. The zero-order valence-electron chi connectivity index (χ0n) is 25.2. The molecule has 0 aliphatic heterocycles. The molecule has 0 saturated carbocycles. The molecule has 0 spiro atoms. The molecular formula is C35H38O7. The van der Waals surface area contributed by atoms with Gasteiger partial charge in [-0.2, -0.15) is 0 Å². The predicted octanol–water partition coefficient (Wildman–Crippen LogP) is 7.86. The Morgan fingerprint density at radius 3 is 1.64 bits per heavy atom. The first kappa shape index (κ1) is 33.3. The Labute approximate surface area is 248 Å². The first-order chi connectivity index (χ1) is 20.0. The Bertz CT molecular complexity index is 1420. The average Bonchev–Trinajstić information content (AvgIpc) is 2.98. The van der Waals surface area contributed by atoms with E-state index < -0.39 is 6.16 Å². The summed E-state index contributed by atoms with van der Waals surface area (Å²) >= 11 is 0. The Hall–Kier alpha value is -4.91. The van der Waals surface area contributed by atoms with Crippen LogP contribution in [-0.4, -0.2) is 32.3 Å². The van der Waals surface area contributed by atoms with Crippen molar-refractivity contribution in [3.63, 3.8) is 0 Å². The van der Waals surface area contributed by atoms with E-state index in [1.807, 2.05) is 55.5 Å². The number of hydrogen-bond donors (Lipinski definition) is 0. The van der Waals surface area contributed by atoms with Crippen molar-refractivity contribution in [2.75, 3.05) is 14.2 Å². The van der Waals surface area contributed by atoms with Crippen molar-refractivity contribution in [1.82, 2.24) is 0 Å². The monoisotopic (exact) mass is 570 g/mol. The van der Waals surface area contributed by atoms with Crippen LogP contribution in [0.4, 0.5) is 4.79 Å². The summed E-state index contributed by atoms with van der Waals surface area (Å²) in [5.74, 6) is 0.482. The van der Waals surface area contributed by atoms with Crippen LogP contribution < -0.4 is 9.47 Å². The molecule has 0 fully saturated rings. The highest BCUT2D eigenvalue weighted by Gasteiger charge is 2.23. The van der Waals surface area contributed by atoms with Gasteiger partial charge in [-0.25, -0.2) is 9.59 Å². The molecule has 0 aliphatic rings. The maximum atomic E-state index is 11.7. The molecule has 0 N–H and O–H groups in total. The average molecular weight is 571 g/mol. The number of methoxy groups -OCH3 is 2. The standard InChI is InChI=1S/C18H20O3.C14H12O2.C3H6O2/c1-13-5-7-14(8-6-13)18(2,3)15-9-11-16(12-10-15)21-17(19)20-4;1-11-6-5-9-13(10-11)16-14(15)12-7-3-2-4-8-12;1-3(4)5-2/h5-12H,1-4H3;2-10H,1H3;1-2H3. The molecule has 7 heteroatoms. The summed E-state index contributed by atoms with van der Waals surface area (Å²) in [6.45, 7) is 9.75. The molecule has 7 nitrogen and oxygen atoms in total. The van der Waals surface area contributed by atoms with Crippen LogP contribution >= 0.6 is 0 Å². The van der Waals surface area contributed by atoms with Gasteiger partial charge >= 0.3 is 18.1 Å². The second-order valence-corrected chi connectivity index (χ2v) is 9.84. The summed E-state index contributed by atoms with van der Waals surface area (Å²) in [7, 11) is 2.64. The quantitative estimate of drug-likeness (QED) is 0.137. The number of aryl methyl sites for hydroxylation is 2. The molecule has 0 atom stereocenters. The highest BCUT2D eigenvalue weighted by molar-refractivity contribution is 5.90. The van der Waals surface area contributed by atoms with Crippen LogP contribution in [0.3, 0.4) is 0 Å². The number of rotatable bonds is 5. The van der Waals surface area contributed by atoms with Gasteiger partial charge < -0.3 is 18.9 Å². The van der Waals surface area contributed by atoms with Crippen LogP contribution in [0.1, 0.15) is 53.4 Å². The summed E-state index contributed by atoms with van der Waals surface area (Å²) in [5.41, 5.74) is 5.16. The summed E-state index contributed by atoms with van der Waals surface area (Å²) in [6, 6.07) is 32.4. The van der Waals surface area contributed by atoms with Crippen molar-refractivity contribution in [2.24, 2.45) is 0 Å². The smallest absolute Gasteiger partial charge is 0.469 e. The van der Waals surface area contributed by atoms with E-state index in [2.05, 4.69) is 54.5 Å². The number of ether oxygens (including phenoxy) is 4. The van der Waals surface area contributed by atoms with Gasteiger partial charge in [0.25, 0.3) is 0 Å². The van der Waals surface area contributed by atoms with Gasteiger partial charge in [0.05, 0.1) is 19.8 Å². The maximum Gasteiger partial charge on any atom is 0.513 e. The van der Waals surface area contributed by atoms with E-state index in [4.69, 9.17) is 9.47 Å². The third-order valence-electron chi connectivity index (χ3n) is 6.21. The summed E-state index contributed by atoms with van der Waals surface area (Å²) < 4.78 is 18.8. The van der Waals surface area contributed by atoms with E-state index in [-0.39, 0.29) is 17.4 Å². The fourth-order valence-corrected chi connectivity index (χ4v) is 3.63. The fourth-order valence-electron chi connectivity index (χ4n) is 3.63. The van der Waals surface area contributed by atoms with E-state index in [9.17, 15) is 14.4 Å². The number of benzene rings is 4. The molecule has 42 heavy (non-hydrogen) atoms. The molecule has 4 rings (SSSR count). The topological polar surface area (TPSA) is 88.1 Å². The van der Waals surface area contributed by atoms with Crippen molar-refractivity contribution in [3.05, 3.63) is 131 Å². The molecule has 4 aromatic rings. The van der Waals surface area contributed by atoms with E-state index in [1.54, 1.807) is 30.3 Å². The van der Waals surface area contributed by atoms with Crippen molar-refractivity contribution in [1.29, 1.82) is 0 Å². The maximum absolute atomic E-state index is 11.7. The third-order valence-corrected chi connectivity index (χ3v) is 6.21. The Balaban J connectivity index is 0.000000259. The minimum absolute atomic E-state index is 0.114. The van der Waals surface area contributed by atoms with Crippen LogP contribution in [0.2, 0.25) is 0 Å². The molecular weight excluding hydrogens is 532 g/mol. The lowest BCUT2D eigenvalue weighted by Crippen LogP contribution is -2.18. The van der Waals surface area contributed by atoms with Gasteiger partial charge in [0, 0.05) is 12.3 Å². The van der Waals surface area contributed by atoms with Gasteiger partial charge in [0.2, 0.25) is 0 Å². The Kier molecular flexibility index (Phi) is 13.0. The molecule has 0 aromatic heterocycles. The Morgan fingerprint density at radius 1 is 0.595 bits per heavy atom. The molecule has 0 bridgehead atoms. The van der Waals surface area contributed by atoms with Crippen molar-refractivity contribution < 1.29 is 33.3 Å². The zero-order valence-corrected chi connectivity index (χ0v) is 25.2. The molecule has 0 unspecified atom stereocenters. The van der Waals surface area contributed by atoms with Crippen molar-refractivity contribution in [3.8, 4) is 11.5 Å². The molecule has 0 radical (unpaired) electrons. The number of carbonyl (C=O) groups excluding carboxylic acids is 3. The van der Waals surface area contributed by atoms with Gasteiger partial charge in [-0.15, -0.1) is 0 Å². The van der Waals surface area contributed by atoms with Crippen LogP contribution in [0.25, 0.3) is 0 Å². The number of esters is 2. The lowest BCUT2D eigenvalue weighted by Gasteiger charge is -2.26. The highest BCUT2D eigenvalue weighted by Crippen LogP contribution is 2.32. The lowest BCUT2D eigenvalue weighted by atomic mass is 9.78. The molecule has 0 aliphatic carbocycles. The summed E-state index contributed by atoms with van der Waals surface area (Å²) in [4.78, 5) is 32.4. The number of hydrogen-bond acceptors (Lipinski definition) is 7. The second kappa shape index (κ2) is 16.4. The predicted molar refractivity (Wildman–Crippen MR) is 163 cm³/mol. The number of carbonyl (C=O) groups is 3. The molecule has 220 valence electrons. The fraction of sp³-hybridized carbons (Fsp3) is 0.229. The van der Waals surface area contributed by atoms with Crippen molar-refractivity contribution >= 4 is 18.1 Å².